The van der Waals surface area contributed by atoms with Crippen molar-refractivity contribution in [3.05, 3.63) is 70.8 Å². The molecule has 0 spiro atoms. The van der Waals surface area contributed by atoms with E-state index in [0.717, 1.165) is 6.54 Å². The monoisotopic (exact) mass is 541 g/mol. The van der Waals surface area contributed by atoms with Gasteiger partial charge in [0.2, 0.25) is 5.91 Å². The lowest BCUT2D eigenvalue weighted by Crippen LogP contribution is -2.46. The van der Waals surface area contributed by atoms with Crippen molar-refractivity contribution in [2.24, 2.45) is 5.92 Å². The molecular weight excluding hydrogens is 512 g/mol. The van der Waals surface area contributed by atoms with Crippen molar-refractivity contribution >= 4 is 11.8 Å². The van der Waals surface area contributed by atoms with Crippen LogP contribution in [0.2, 0.25) is 0 Å². The first kappa shape index (κ1) is 27.9. The Labute approximate surface area is 216 Å². The predicted molar refractivity (Wildman–Crippen MR) is 128 cm³/mol. The van der Waals surface area contributed by atoms with E-state index in [2.05, 4.69) is 28.1 Å². The summed E-state index contributed by atoms with van der Waals surface area (Å²) in [5.74, 6) is -0.759. The van der Waals surface area contributed by atoms with E-state index < -0.39 is 35.0 Å². The fourth-order valence-corrected chi connectivity index (χ4v) is 5.15. The molecule has 0 radical (unpaired) electrons. The minimum Gasteiger partial charge on any atom is -0.352 e. The summed E-state index contributed by atoms with van der Waals surface area (Å²) in [4.78, 5) is 25.2. The second-order valence-corrected chi connectivity index (χ2v) is 10.0. The standard InChI is InChI=1S/C27H29F6N3O2/c28-26(29,30)20-10-18(11-21(13-20)27(31,32)33)24(37)35-14-16-6-8-22(9-7-16)36-25(38)23-12-19(15-34-23)17-4-2-1-3-5-17/h1-5,10-11,13,16,19,22-23,34H,6-9,12,14-15H2,(H,35,37)(H,36,38)/t16-,19-,22-,23+/m1/s1. The minimum atomic E-state index is -5.02. The summed E-state index contributed by atoms with van der Waals surface area (Å²) in [6, 6.07) is 10.6. The number of benzene rings is 2. The lowest BCUT2D eigenvalue weighted by Gasteiger charge is -2.30. The van der Waals surface area contributed by atoms with Crippen LogP contribution in [0, 0.1) is 5.92 Å². The Balaban J connectivity index is 1.24. The highest BCUT2D eigenvalue weighted by molar-refractivity contribution is 5.94. The summed E-state index contributed by atoms with van der Waals surface area (Å²) >= 11 is 0. The molecule has 1 saturated heterocycles. The van der Waals surface area contributed by atoms with Crippen LogP contribution >= 0.6 is 0 Å². The highest BCUT2D eigenvalue weighted by atomic mass is 19.4. The van der Waals surface area contributed by atoms with Gasteiger partial charge in [-0.1, -0.05) is 30.3 Å². The smallest absolute Gasteiger partial charge is 0.352 e. The lowest BCUT2D eigenvalue weighted by molar-refractivity contribution is -0.143. The van der Waals surface area contributed by atoms with Crippen molar-refractivity contribution in [2.75, 3.05) is 13.1 Å². The van der Waals surface area contributed by atoms with Crippen LogP contribution in [0.25, 0.3) is 0 Å². The fraction of sp³-hybridized carbons (Fsp3) is 0.481. The molecule has 1 heterocycles. The van der Waals surface area contributed by atoms with Crippen LogP contribution in [0.4, 0.5) is 26.3 Å². The molecule has 2 atom stereocenters. The summed E-state index contributed by atoms with van der Waals surface area (Å²) in [5, 5.41) is 8.84. The average Bonchev–Trinajstić information content (AvgIpc) is 3.38. The largest absolute Gasteiger partial charge is 0.416 e. The first-order valence-corrected chi connectivity index (χ1v) is 12.6. The number of nitrogens with one attached hydrogen (secondary N) is 3. The van der Waals surface area contributed by atoms with Crippen molar-refractivity contribution in [3.8, 4) is 0 Å². The number of hydrogen-bond donors (Lipinski definition) is 3. The topological polar surface area (TPSA) is 70.2 Å². The van der Waals surface area contributed by atoms with Crippen LogP contribution in [0.5, 0.6) is 0 Å². The molecule has 0 aromatic heterocycles. The van der Waals surface area contributed by atoms with Gasteiger partial charge in [0.25, 0.3) is 5.91 Å². The van der Waals surface area contributed by atoms with Crippen LogP contribution in [0.15, 0.2) is 48.5 Å². The number of carbonyl (C=O) groups excluding carboxylic acids is 2. The lowest BCUT2D eigenvalue weighted by atomic mass is 9.85. The molecule has 2 amide bonds. The van der Waals surface area contributed by atoms with Gasteiger partial charge in [-0.3, -0.25) is 9.59 Å². The van der Waals surface area contributed by atoms with Crippen molar-refractivity contribution in [1.29, 1.82) is 0 Å². The maximum atomic E-state index is 13.1. The van der Waals surface area contributed by atoms with Gasteiger partial charge in [0.1, 0.15) is 0 Å². The second-order valence-electron chi connectivity index (χ2n) is 10.0. The molecule has 4 rings (SSSR count). The van der Waals surface area contributed by atoms with E-state index >= 15 is 0 Å². The molecule has 2 aliphatic rings. The maximum absolute atomic E-state index is 13.1. The van der Waals surface area contributed by atoms with Crippen LogP contribution in [-0.4, -0.2) is 37.0 Å². The molecular formula is C27H29F6N3O2. The Kier molecular flexibility index (Phi) is 8.34. The Morgan fingerprint density at radius 1 is 0.868 bits per heavy atom. The number of carbonyl (C=O) groups is 2. The molecule has 1 aliphatic heterocycles. The van der Waals surface area contributed by atoms with E-state index in [1.54, 1.807) is 0 Å². The van der Waals surface area contributed by atoms with Gasteiger partial charge >= 0.3 is 12.4 Å². The Morgan fingerprint density at radius 3 is 2.05 bits per heavy atom. The molecule has 2 aromatic rings. The third kappa shape index (κ3) is 7.06. The summed E-state index contributed by atoms with van der Waals surface area (Å²) < 4.78 is 78.4. The number of alkyl halides is 6. The van der Waals surface area contributed by atoms with Gasteiger partial charge in [-0.15, -0.1) is 0 Å². The zero-order valence-corrected chi connectivity index (χ0v) is 20.5. The molecule has 0 bridgehead atoms. The maximum Gasteiger partial charge on any atom is 0.416 e. The van der Waals surface area contributed by atoms with Gasteiger partial charge < -0.3 is 16.0 Å². The zero-order valence-electron chi connectivity index (χ0n) is 20.5. The molecule has 0 unspecified atom stereocenters. The summed E-state index contributed by atoms with van der Waals surface area (Å²) in [6.45, 7) is 0.852. The quantitative estimate of drug-likeness (QED) is 0.437. The van der Waals surface area contributed by atoms with Gasteiger partial charge in [0.05, 0.1) is 17.2 Å². The van der Waals surface area contributed by atoms with Crippen LogP contribution in [0.3, 0.4) is 0 Å². The normalized spacial score (nSPS) is 24.2. The molecule has 3 N–H and O–H groups in total. The van der Waals surface area contributed by atoms with E-state index in [4.69, 9.17) is 0 Å². The molecule has 2 aromatic carbocycles. The van der Waals surface area contributed by atoms with Crippen molar-refractivity contribution in [2.45, 2.75) is 62.5 Å². The van der Waals surface area contributed by atoms with Crippen molar-refractivity contribution in [3.63, 3.8) is 0 Å². The number of hydrogen-bond acceptors (Lipinski definition) is 3. The van der Waals surface area contributed by atoms with Crippen LogP contribution in [0.1, 0.15) is 65.1 Å². The SMILES string of the molecule is O=C(NC[C@H]1CC[C@H](NC(=O)[C@@H]2C[C@@H](c3ccccc3)CN2)CC1)c1cc(C(F)(F)F)cc(C(F)(F)F)c1. The molecule has 1 aliphatic carbocycles. The molecule has 38 heavy (non-hydrogen) atoms. The summed E-state index contributed by atoms with van der Waals surface area (Å²) in [5.41, 5.74) is -2.55. The molecule has 11 heteroatoms. The highest BCUT2D eigenvalue weighted by Crippen LogP contribution is 2.36. The van der Waals surface area contributed by atoms with Gasteiger partial charge in [-0.05, 0) is 67.7 Å². The van der Waals surface area contributed by atoms with E-state index in [0.29, 0.717) is 44.2 Å². The Morgan fingerprint density at radius 2 is 1.47 bits per heavy atom. The first-order valence-electron chi connectivity index (χ1n) is 12.6. The molecule has 1 saturated carbocycles. The fourth-order valence-electron chi connectivity index (χ4n) is 5.15. The summed E-state index contributed by atoms with van der Waals surface area (Å²) in [7, 11) is 0. The first-order chi connectivity index (χ1) is 17.9. The Bertz CT molecular complexity index is 1100. The number of rotatable bonds is 6. The van der Waals surface area contributed by atoms with E-state index in [1.165, 1.54) is 5.56 Å². The van der Waals surface area contributed by atoms with Gasteiger partial charge in [0, 0.05) is 24.7 Å². The van der Waals surface area contributed by atoms with Gasteiger partial charge in [-0.25, -0.2) is 0 Å². The molecule has 2 fully saturated rings. The third-order valence-electron chi connectivity index (χ3n) is 7.31. The predicted octanol–water partition coefficient (Wildman–Crippen LogP) is 5.27. The molecule has 206 valence electrons. The second kappa shape index (κ2) is 11.3. The van der Waals surface area contributed by atoms with Gasteiger partial charge in [0.15, 0.2) is 0 Å². The van der Waals surface area contributed by atoms with Crippen LogP contribution < -0.4 is 16.0 Å². The summed E-state index contributed by atoms with van der Waals surface area (Å²) in [6.07, 6.45) is -6.67. The minimum absolute atomic E-state index is 0.00470. The van der Waals surface area contributed by atoms with E-state index in [1.807, 2.05) is 18.2 Å². The highest BCUT2D eigenvalue weighted by Gasteiger charge is 2.38. The third-order valence-corrected chi connectivity index (χ3v) is 7.31. The van der Waals surface area contributed by atoms with Gasteiger partial charge in [-0.2, -0.15) is 26.3 Å². The molecule has 5 nitrogen and oxygen atoms in total. The number of halogens is 6. The Hall–Kier alpha value is -3.08. The van der Waals surface area contributed by atoms with E-state index in [9.17, 15) is 35.9 Å². The zero-order chi connectivity index (χ0) is 27.5. The van der Waals surface area contributed by atoms with E-state index in [-0.39, 0.29) is 42.4 Å². The van der Waals surface area contributed by atoms with Crippen molar-refractivity contribution < 1.29 is 35.9 Å². The average molecular weight is 542 g/mol. The van der Waals surface area contributed by atoms with Crippen LogP contribution in [-0.2, 0) is 17.1 Å². The van der Waals surface area contributed by atoms with Crippen molar-refractivity contribution in [1.82, 2.24) is 16.0 Å². The number of amides is 2.